The summed E-state index contributed by atoms with van der Waals surface area (Å²) in [5.41, 5.74) is 1.89. The van der Waals surface area contributed by atoms with Gasteiger partial charge in [0.1, 0.15) is 18.4 Å². The zero-order valence-corrected chi connectivity index (χ0v) is 19.2. The highest BCUT2D eigenvalue weighted by atomic mass is 35.5. The third-order valence-electron chi connectivity index (χ3n) is 4.86. The molecule has 0 aliphatic rings. The summed E-state index contributed by atoms with van der Waals surface area (Å²) in [5.74, 6) is 0.356. The van der Waals surface area contributed by atoms with E-state index < -0.39 is 15.4 Å². The molecular formula is C22H21ClN4O4S. The number of anilines is 1. The molecule has 0 spiro atoms. The minimum absolute atomic E-state index is 0.0185. The van der Waals surface area contributed by atoms with Crippen LogP contribution in [0.25, 0.3) is 0 Å². The molecule has 0 saturated carbocycles. The van der Waals surface area contributed by atoms with Gasteiger partial charge in [0, 0.05) is 11.6 Å². The Labute approximate surface area is 191 Å². The minimum atomic E-state index is -3.47. The van der Waals surface area contributed by atoms with Crippen LogP contribution >= 0.6 is 11.6 Å². The number of aromatic hydroxyl groups is 1. The van der Waals surface area contributed by atoms with Gasteiger partial charge >= 0.3 is 0 Å². The Balaban J connectivity index is 1.75. The van der Waals surface area contributed by atoms with Crippen molar-refractivity contribution in [1.29, 1.82) is 5.26 Å². The molecule has 0 atom stereocenters. The zero-order valence-electron chi connectivity index (χ0n) is 17.6. The lowest BCUT2D eigenvalue weighted by molar-refractivity contribution is 0.301. The molecule has 2 N–H and O–H groups in total. The largest absolute Gasteiger partial charge is 0.505 e. The maximum absolute atomic E-state index is 11.3. The van der Waals surface area contributed by atoms with E-state index in [0.29, 0.717) is 11.4 Å². The van der Waals surface area contributed by atoms with E-state index in [1.807, 2.05) is 32.0 Å². The highest BCUT2D eigenvalue weighted by Gasteiger charge is 2.25. The van der Waals surface area contributed by atoms with Gasteiger partial charge in [0.2, 0.25) is 16.0 Å². The Morgan fingerprint density at radius 2 is 1.88 bits per heavy atom. The Morgan fingerprint density at radius 1 is 1.19 bits per heavy atom. The van der Waals surface area contributed by atoms with Crippen LogP contribution < -0.4 is 9.46 Å². The van der Waals surface area contributed by atoms with Crippen molar-refractivity contribution < 1.29 is 18.3 Å². The first-order chi connectivity index (χ1) is 15.0. The number of rotatable bonds is 7. The molecule has 0 saturated heterocycles. The number of phenols is 1. The van der Waals surface area contributed by atoms with E-state index >= 15 is 0 Å². The molecule has 0 amide bonds. The van der Waals surface area contributed by atoms with Crippen LogP contribution in [0.5, 0.6) is 11.5 Å². The van der Waals surface area contributed by atoms with Crippen molar-refractivity contribution in [2.24, 2.45) is 0 Å². The van der Waals surface area contributed by atoms with E-state index in [9.17, 15) is 18.8 Å². The number of phenolic OH excluding ortho intramolecular Hbond substituents is 1. The number of nitrogens with one attached hydrogen (secondary N) is 1. The summed E-state index contributed by atoms with van der Waals surface area (Å²) in [5, 5.41) is 19.3. The highest BCUT2D eigenvalue weighted by molar-refractivity contribution is 7.91. The van der Waals surface area contributed by atoms with Crippen molar-refractivity contribution in [3.8, 4) is 17.6 Å². The molecule has 1 heterocycles. The van der Waals surface area contributed by atoms with E-state index in [-0.39, 0.29) is 28.9 Å². The van der Waals surface area contributed by atoms with Gasteiger partial charge in [0.15, 0.2) is 5.75 Å². The number of ether oxygens (including phenoxy) is 1. The van der Waals surface area contributed by atoms with Crippen molar-refractivity contribution in [2.75, 3.05) is 11.0 Å². The summed E-state index contributed by atoms with van der Waals surface area (Å²) in [6, 6.07) is 14.3. The van der Waals surface area contributed by atoms with Crippen LogP contribution in [0.15, 0.2) is 48.7 Å². The summed E-state index contributed by atoms with van der Waals surface area (Å²) in [4.78, 5) is 7.98. The summed E-state index contributed by atoms with van der Waals surface area (Å²) in [7, 11) is -3.47. The molecule has 0 bridgehead atoms. The number of hydrogen-bond acceptors (Lipinski definition) is 7. The molecule has 10 heteroatoms. The molecule has 3 rings (SSSR count). The quantitative estimate of drug-likeness (QED) is 0.532. The number of halogens is 1. The number of sulfonamides is 1. The fourth-order valence-corrected chi connectivity index (χ4v) is 3.68. The normalized spacial score (nSPS) is 11.6. The third-order valence-corrected chi connectivity index (χ3v) is 5.70. The zero-order chi connectivity index (χ0) is 23.5. The molecule has 8 nitrogen and oxygen atoms in total. The molecule has 32 heavy (non-hydrogen) atoms. The van der Waals surface area contributed by atoms with Crippen LogP contribution in [0, 0.1) is 11.3 Å². The SMILES string of the molecule is CC(C)(c1ccc(OCc2ccnc(NS(C)(=O)=O)n2)cc1)c1cc(Cl)c(O)c(C#N)c1. The lowest BCUT2D eigenvalue weighted by atomic mass is 9.77. The molecule has 2 aromatic carbocycles. The fourth-order valence-electron chi connectivity index (χ4n) is 3.03. The van der Waals surface area contributed by atoms with Gasteiger partial charge in [-0.2, -0.15) is 5.26 Å². The van der Waals surface area contributed by atoms with Crippen LogP contribution in [0.1, 0.15) is 36.2 Å². The maximum Gasteiger partial charge on any atom is 0.236 e. The standard InChI is InChI=1S/C22H21ClN4O4S/c1-22(2,16-10-14(12-24)20(28)19(23)11-16)15-4-6-18(7-5-15)31-13-17-8-9-25-21(26-17)27-32(3,29)30/h4-11,28H,13H2,1-3H3,(H,25,26,27). The molecule has 1 aromatic heterocycles. The van der Waals surface area contributed by atoms with E-state index in [1.54, 1.807) is 30.3 Å². The van der Waals surface area contributed by atoms with Crippen molar-refractivity contribution in [1.82, 2.24) is 9.97 Å². The van der Waals surface area contributed by atoms with E-state index in [4.69, 9.17) is 16.3 Å². The molecule has 166 valence electrons. The van der Waals surface area contributed by atoms with Gasteiger partial charge in [0.05, 0.1) is 22.5 Å². The van der Waals surface area contributed by atoms with E-state index in [0.717, 1.165) is 17.4 Å². The van der Waals surface area contributed by atoms with Gasteiger partial charge < -0.3 is 9.84 Å². The highest BCUT2D eigenvalue weighted by Crippen LogP contribution is 2.38. The number of benzene rings is 2. The number of nitriles is 1. The lowest BCUT2D eigenvalue weighted by Gasteiger charge is -2.27. The Kier molecular flexibility index (Phi) is 6.57. The second-order valence-electron chi connectivity index (χ2n) is 7.65. The van der Waals surface area contributed by atoms with Gasteiger partial charge in [-0.1, -0.05) is 37.6 Å². The summed E-state index contributed by atoms with van der Waals surface area (Å²) in [6.07, 6.45) is 2.47. The minimum Gasteiger partial charge on any atom is -0.505 e. The average molecular weight is 473 g/mol. The van der Waals surface area contributed by atoms with Crippen molar-refractivity contribution in [2.45, 2.75) is 25.9 Å². The summed E-state index contributed by atoms with van der Waals surface area (Å²) >= 11 is 6.09. The predicted octanol–water partition coefficient (Wildman–Crippen LogP) is 3.98. The lowest BCUT2D eigenvalue weighted by Crippen LogP contribution is -2.19. The van der Waals surface area contributed by atoms with Gasteiger partial charge in [0.25, 0.3) is 0 Å². The third kappa shape index (κ3) is 5.46. The van der Waals surface area contributed by atoms with Gasteiger partial charge in [-0.15, -0.1) is 0 Å². The number of hydrogen-bond donors (Lipinski definition) is 2. The predicted molar refractivity (Wildman–Crippen MR) is 121 cm³/mol. The molecule has 0 aliphatic heterocycles. The smallest absolute Gasteiger partial charge is 0.236 e. The number of nitrogens with zero attached hydrogens (tertiary/aromatic N) is 3. The molecule has 0 aliphatic carbocycles. The first kappa shape index (κ1) is 23.3. The molecule has 3 aromatic rings. The fraction of sp³-hybridized carbons (Fsp3) is 0.227. The molecule has 0 fully saturated rings. The summed E-state index contributed by atoms with van der Waals surface area (Å²) < 4.78 is 30.6. The molecular weight excluding hydrogens is 452 g/mol. The van der Waals surface area contributed by atoms with Crippen molar-refractivity contribution in [3.05, 3.63) is 76.1 Å². The Bertz CT molecular complexity index is 1290. The second kappa shape index (κ2) is 9.02. The molecule has 0 unspecified atom stereocenters. The second-order valence-corrected chi connectivity index (χ2v) is 9.81. The van der Waals surface area contributed by atoms with Gasteiger partial charge in [-0.05, 0) is 41.5 Å². The van der Waals surface area contributed by atoms with Gasteiger partial charge in [-0.25, -0.2) is 18.4 Å². The van der Waals surface area contributed by atoms with E-state index in [2.05, 4.69) is 14.7 Å². The van der Waals surface area contributed by atoms with Crippen molar-refractivity contribution in [3.63, 3.8) is 0 Å². The topological polar surface area (TPSA) is 125 Å². The maximum atomic E-state index is 11.3. The van der Waals surface area contributed by atoms with Gasteiger partial charge in [-0.3, -0.25) is 4.72 Å². The Hall–Kier alpha value is -3.35. The van der Waals surface area contributed by atoms with Crippen LogP contribution in [0.2, 0.25) is 5.02 Å². The van der Waals surface area contributed by atoms with Crippen LogP contribution in [0.3, 0.4) is 0 Å². The molecule has 0 radical (unpaired) electrons. The van der Waals surface area contributed by atoms with Crippen LogP contribution in [-0.4, -0.2) is 29.7 Å². The van der Waals surface area contributed by atoms with Crippen LogP contribution in [-0.2, 0) is 22.0 Å². The first-order valence-corrected chi connectivity index (χ1v) is 11.7. The monoisotopic (exact) mass is 472 g/mol. The number of aromatic nitrogens is 2. The Morgan fingerprint density at radius 3 is 2.50 bits per heavy atom. The van der Waals surface area contributed by atoms with Crippen molar-refractivity contribution >= 4 is 27.6 Å². The average Bonchev–Trinajstić information content (AvgIpc) is 2.73. The van der Waals surface area contributed by atoms with E-state index in [1.165, 1.54) is 6.20 Å². The van der Waals surface area contributed by atoms with Crippen LogP contribution in [0.4, 0.5) is 5.95 Å². The summed E-state index contributed by atoms with van der Waals surface area (Å²) in [6.45, 7) is 4.11. The first-order valence-electron chi connectivity index (χ1n) is 9.46.